The van der Waals surface area contributed by atoms with E-state index in [4.69, 9.17) is 4.74 Å². The Hall–Kier alpha value is -0.520. The second-order valence-corrected chi connectivity index (χ2v) is 5.07. The second kappa shape index (κ2) is 5.21. The summed E-state index contributed by atoms with van der Waals surface area (Å²) in [5, 5.41) is 12.8. The first kappa shape index (κ1) is 12.0. The Balaban J connectivity index is 2.19. The molecule has 90 valence electrons. The first-order valence-electron chi connectivity index (χ1n) is 5.53. The molecule has 5 heteroatoms. The fourth-order valence-corrected chi connectivity index (χ4v) is 2.54. The highest BCUT2D eigenvalue weighted by Gasteiger charge is 2.37. The Morgan fingerprint density at radius 1 is 1.62 bits per heavy atom. The van der Waals surface area contributed by atoms with E-state index in [1.54, 1.807) is 11.8 Å². The average Bonchev–Trinajstić information content (AvgIpc) is 2.39. The summed E-state index contributed by atoms with van der Waals surface area (Å²) in [7, 11) is 0. The van der Waals surface area contributed by atoms with Crippen LogP contribution in [0.15, 0.2) is 17.3 Å². The monoisotopic (exact) mass is 242 g/mol. The van der Waals surface area contributed by atoms with Crippen LogP contribution in [-0.2, 0) is 4.74 Å². The number of aliphatic hydroxyl groups is 1. The predicted octanol–water partition coefficient (Wildman–Crippen LogP) is 0.980. The number of ether oxygens (including phenoxy) is 1. The van der Waals surface area contributed by atoms with Crippen LogP contribution in [0.5, 0.6) is 0 Å². The van der Waals surface area contributed by atoms with Crippen LogP contribution in [0.4, 0.5) is 0 Å². The largest absolute Gasteiger partial charge is 0.395 e. The zero-order valence-electron chi connectivity index (χ0n) is 9.48. The highest BCUT2D eigenvalue weighted by molar-refractivity contribution is 7.99. The summed E-state index contributed by atoms with van der Waals surface area (Å²) in [6, 6.07) is 0. The van der Waals surface area contributed by atoms with Gasteiger partial charge in [0.1, 0.15) is 0 Å². The van der Waals surface area contributed by atoms with Crippen LogP contribution in [0.3, 0.4) is 0 Å². The minimum Gasteiger partial charge on any atom is -0.395 e. The predicted molar refractivity (Wildman–Crippen MR) is 66.6 cm³/mol. The van der Waals surface area contributed by atoms with E-state index in [0.29, 0.717) is 13.2 Å². The first-order chi connectivity index (χ1) is 7.80. The molecule has 2 rings (SSSR count). The molecule has 0 spiro atoms. The van der Waals surface area contributed by atoms with Gasteiger partial charge in [-0.05, 0) is 25.2 Å². The molecule has 0 saturated carbocycles. The van der Waals surface area contributed by atoms with Crippen molar-refractivity contribution in [2.45, 2.75) is 18.3 Å². The molecule has 1 unspecified atom stereocenters. The Morgan fingerprint density at radius 2 is 2.38 bits per heavy atom. The molecule has 0 radical (unpaired) electrons. The molecule has 4 nitrogen and oxygen atoms in total. The van der Waals surface area contributed by atoms with E-state index in [1.807, 2.05) is 18.5 Å². The lowest BCUT2D eigenvalue weighted by Gasteiger charge is -2.37. The van der Waals surface area contributed by atoms with E-state index in [2.05, 4.69) is 10.3 Å². The molecule has 0 aromatic heterocycles. The van der Waals surface area contributed by atoms with Crippen molar-refractivity contribution in [2.75, 3.05) is 26.1 Å². The van der Waals surface area contributed by atoms with Gasteiger partial charge in [-0.15, -0.1) is 11.8 Å². The van der Waals surface area contributed by atoms with Crippen LogP contribution in [0.25, 0.3) is 0 Å². The summed E-state index contributed by atoms with van der Waals surface area (Å²) in [6.07, 6.45) is 7.64. The van der Waals surface area contributed by atoms with Crippen molar-refractivity contribution >= 4 is 17.5 Å². The third-order valence-electron chi connectivity index (χ3n) is 3.26. The third-order valence-corrected chi connectivity index (χ3v) is 3.94. The van der Waals surface area contributed by atoms with Gasteiger partial charge in [-0.3, -0.25) is 4.99 Å². The second-order valence-electron chi connectivity index (χ2n) is 4.15. The minimum atomic E-state index is -0.190. The van der Waals surface area contributed by atoms with Crippen molar-refractivity contribution in [1.29, 1.82) is 0 Å². The maximum atomic E-state index is 9.66. The van der Waals surface area contributed by atoms with Crippen LogP contribution in [0, 0.1) is 5.41 Å². The first-order valence-corrected chi connectivity index (χ1v) is 6.82. The van der Waals surface area contributed by atoms with E-state index in [0.717, 1.165) is 18.6 Å². The van der Waals surface area contributed by atoms with E-state index in [1.165, 1.54) is 0 Å². The Labute approximate surface area is 100 Å². The molecule has 1 saturated heterocycles. The van der Waals surface area contributed by atoms with Gasteiger partial charge in [-0.1, -0.05) is 0 Å². The summed E-state index contributed by atoms with van der Waals surface area (Å²) < 4.78 is 5.36. The Bertz CT molecular complexity index is 298. The molecule has 2 aliphatic rings. The summed E-state index contributed by atoms with van der Waals surface area (Å²) >= 11 is 1.66. The molecule has 1 fully saturated rings. The van der Waals surface area contributed by atoms with Crippen molar-refractivity contribution in [3.8, 4) is 0 Å². The summed E-state index contributed by atoms with van der Waals surface area (Å²) in [6.45, 7) is 1.58. The van der Waals surface area contributed by atoms with Crippen LogP contribution < -0.4 is 5.32 Å². The molecule has 0 amide bonds. The number of rotatable bonds is 3. The summed E-state index contributed by atoms with van der Waals surface area (Å²) in [5.41, 5.74) is 0.896. The van der Waals surface area contributed by atoms with Gasteiger partial charge in [0, 0.05) is 30.5 Å². The Morgan fingerprint density at radius 3 is 3.00 bits per heavy atom. The molecule has 2 N–H and O–H groups in total. The molecule has 16 heavy (non-hydrogen) atoms. The van der Waals surface area contributed by atoms with Gasteiger partial charge < -0.3 is 15.2 Å². The van der Waals surface area contributed by atoms with Gasteiger partial charge in [0.25, 0.3) is 0 Å². The van der Waals surface area contributed by atoms with Crippen molar-refractivity contribution in [3.63, 3.8) is 0 Å². The molecule has 2 heterocycles. The molecule has 0 aromatic rings. The fraction of sp³-hybridized carbons (Fsp3) is 0.727. The van der Waals surface area contributed by atoms with Crippen molar-refractivity contribution < 1.29 is 9.84 Å². The molecule has 1 atom stereocenters. The molecular formula is C11H18N2O2S. The van der Waals surface area contributed by atoms with Crippen LogP contribution in [0.2, 0.25) is 0 Å². The Kier molecular flexibility index (Phi) is 3.89. The number of aliphatic imine (C=N–C) groups is 1. The molecule has 0 aliphatic carbocycles. The van der Waals surface area contributed by atoms with Gasteiger partial charge in [-0.25, -0.2) is 0 Å². The topological polar surface area (TPSA) is 53.9 Å². The van der Waals surface area contributed by atoms with Gasteiger partial charge in [0.15, 0.2) is 5.50 Å². The summed E-state index contributed by atoms with van der Waals surface area (Å²) in [5.74, 6) is 0. The number of hydrogen-bond donors (Lipinski definition) is 2. The van der Waals surface area contributed by atoms with Gasteiger partial charge >= 0.3 is 0 Å². The van der Waals surface area contributed by atoms with E-state index in [9.17, 15) is 5.11 Å². The SMILES string of the molecule is CSC1N=C(C2(CO)CCOCC2)C=CN1. The number of aliphatic hydroxyl groups excluding tert-OH is 1. The molecular weight excluding hydrogens is 224 g/mol. The summed E-state index contributed by atoms with van der Waals surface area (Å²) in [4.78, 5) is 4.63. The molecule has 2 aliphatic heterocycles. The minimum absolute atomic E-state index is 0.0752. The standard InChI is InChI=1S/C11H18N2O2S/c1-16-10-12-5-2-9(13-10)11(8-14)3-6-15-7-4-11/h2,5,10,12,14H,3-4,6-8H2,1H3. The molecule has 0 aromatic carbocycles. The lowest BCUT2D eigenvalue weighted by atomic mass is 9.76. The maximum Gasteiger partial charge on any atom is 0.166 e. The molecule has 0 bridgehead atoms. The lowest BCUT2D eigenvalue weighted by molar-refractivity contribution is 0.0199. The van der Waals surface area contributed by atoms with E-state index < -0.39 is 0 Å². The highest BCUT2D eigenvalue weighted by atomic mass is 32.2. The smallest absolute Gasteiger partial charge is 0.166 e. The number of hydrogen-bond acceptors (Lipinski definition) is 5. The van der Waals surface area contributed by atoms with Gasteiger partial charge in [0.2, 0.25) is 0 Å². The highest BCUT2D eigenvalue weighted by Crippen LogP contribution is 2.33. The quantitative estimate of drug-likeness (QED) is 0.774. The number of thioether (sulfide) groups is 1. The van der Waals surface area contributed by atoms with E-state index in [-0.39, 0.29) is 17.5 Å². The maximum absolute atomic E-state index is 9.66. The van der Waals surface area contributed by atoms with Crippen LogP contribution in [-0.4, -0.2) is 42.4 Å². The normalized spacial score (nSPS) is 28.4. The number of nitrogens with one attached hydrogen (secondary N) is 1. The van der Waals surface area contributed by atoms with Crippen LogP contribution >= 0.6 is 11.8 Å². The zero-order chi connectivity index (χ0) is 11.4. The fourth-order valence-electron chi connectivity index (χ4n) is 2.11. The van der Waals surface area contributed by atoms with Crippen molar-refractivity contribution in [3.05, 3.63) is 12.3 Å². The van der Waals surface area contributed by atoms with Gasteiger partial charge in [-0.2, -0.15) is 0 Å². The van der Waals surface area contributed by atoms with Crippen LogP contribution in [0.1, 0.15) is 12.8 Å². The third kappa shape index (κ3) is 2.26. The average molecular weight is 242 g/mol. The van der Waals surface area contributed by atoms with Crippen molar-refractivity contribution in [1.82, 2.24) is 5.32 Å². The van der Waals surface area contributed by atoms with E-state index >= 15 is 0 Å². The number of allylic oxidation sites excluding steroid dienone is 1. The van der Waals surface area contributed by atoms with Crippen molar-refractivity contribution in [2.24, 2.45) is 10.4 Å². The number of nitrogens with zero attached hydrogens (tertiary/aromatic N) is 1. The van der Waals surface area contributed by atoms with Gasteiger partial charge in [0.05, 0.1) is 6.61 Å². The lowest BCUT2D eigenvalue weighted by Crippen LogP contribution is -2.42. The zero-order valence-corrected chi connectivity index (χ0v) is 10.3.